The molecule has 1 saturated carbocycles. The molecule has 2 aromatic carbocycles. The lowest BCUT2D eigenvalue weighted by molar-refractivity contribution is -0.137. The Morgan fingerprint density at radius 1 is 1.03 bits per heavy atom. The predicted octanol–water partition coefficient (Wildman–Crippen LogP) is 4.29. The van der Waals surface area contributed by atoms with E-state index in [4.69, 9.17) is 23.2 Å². The lowest BCUT2D eigenvalue weighted by Crippen LogP contribution is -2.53. The van der Waals surface area contributed by atoms with Gasteiger partial charge in [-0.3, -0.25) is 9.59 Å². The molecule has 1 heterocycles. The van der Waals surface area contributed by atoms with E-state index in [0.717, 1.165) is 36.2 Å². The van der Waals surface area contributed by atoms with Crippen LogP contribution in [0, 0.1) is 0 Å². The van der Waals surface area contributed by atoms with Crippen molar-refractivity contribution in [3.8, 4) is 0 Å². The largest absolute Gasteiger partial charge is 0.416 e. The number of sulfone groups is 1. The van der Waals surface area contributed by atoms with Gasteiger partial charge in [0.25, 0.3) is 5.91 Å². The molecule has 2 fully saturated rings. The molecule has 1 aliphatic carbocycles. The van der Waals surface area contributed by atoms with Crippen LogP contribution in [0.1, 0.15) is 46.7 Å². The van der Waals surface area contributed by atoms with Gasteiger partial charge in [0.1, 0.15) is 6.04 Å². The van der Waals surface area contributed by atoms with Crippen molar-refractivity contribution < 1.29 is 31.2 Å². The second-order valence-electron chi connectivity index (χ2n) is 9.80. The van der Waals surface area contributed by atoms with Gasteiger partial charge in [-0.25, -0.2) is 8.42 Å². The molecule has 7 nitrogen and oxygen atoms in total. The van der Waals surface area contributed by atoms with Crippen molar-refractivity contribution >= 4 is 44.9 Å². The number of alkyl halides is 3. The summed E-state index contributed by atoms with van der Waals surface area (Å²) in [6, 6.07) is 8.57. The Hall–Kier alpha value is -2.34. The second-order valence-corrected chi connectivity index (χ2v) is 12.9. The highest BCUT2D eigenvalue weighted by Gasteiger charge is 2.38. The third-order valence-electron chi connectivity index (χ3n) is 6.97. The van der Waals surface area contributed by atoms with Crippen LogP contribution in [0.15, 0.2) is 42.5 Å². The smallest absolute Gasteiger partial charge is 0.340 e. The zero-order valence-corrected chi connectivity index (χ0v) is 23.1. The highest BCUT2D eigenvalue weighted by atomic mass is 35.5. The van der Waals surface area contributed by atoms with E-state index in [2.05, 4.69) is 10.6 Å². The Morgan fingerprint density at radius 2 is 1.69 bits per heavy atom. The van der Waals surface area contributed by atoms with Crippen molar-refractivity contribution in [2.24, 2.45) is 0 Å². The van der Waals surface area contributed by atoms with Gasteiger partial charge >= 0.3 is 6.18 Å². The quantitative estimate of drug-likeness (QED) is 0.416. The molecule has 212 valence electrons. The van der Waals surface area contributed by atoms with Gasteiger partial charge in [0, 0.05) is 30.6 Å². The molecule has 2 aliphatic rings. The van der Waals surface area contributed by atoms with Crippen LogP contribution in [0.4, 0.5) is 13.2 Å². The van der Waals surface area contributed by atoms with E-state index in [-0.39, 0.29) is 42.6 Å². The van der Waals surface area contributed by atoms with Gasteiger partial charge in [-0.05, 0) is 67.8 Å². The monoisotopic (exact) mass is 605 g/mol. The number of nitrogens with one attached hydrogen (secondary N) is 2. The molecule has 0 spiro atoms. The first kappa shape index (κ1) is 29.6. The number of carbonyl (C=O) groups is 2. The number of halogens is 5. The molecule has 2 N–H and O–H groups in total. The Kier molecular flexibility index (Phi) is 9.15. The van der Waals surface area contributed by atoms with Gasteiger partial charge in [-0.2, -0.15) is 13.2 Å². The van der Waals surface area contributed by atoms with Gasteiger partial charge in [-0.1, -0.05) is 29.3 Å². The maximum Gasteiger partial charge on any atom is 0.416 e. The molecule has 39 heavy (non-hydrogen) atoms. The third-order valence-corrected chi connectivity index (χ3v) is 9.32. The molecule has 0 unspecified atom stereocenters. The Balaban J connectivity index is 1.35. The molecule has 0 radical (unpaired) electrons. The molecule has 1 saturated heterocycles. The van der Waals surface area contributed by atoms with Crippen molar-refractivity contribution in [2.75, 3.05) is 31.1 Å². The first-order valence-electron chi connectivity index (χ1n) is 12.5. The number of hydrogen-bond donors (Lipinski definition) is 2. The summed E-state index contributed by atoms with van der Waals surface area (Å²) in [5.41, 5.74) is 0.188. The zero-order valence-electron chi connectivity index (χ0n) is 20.8. The van der Waals surface area contributed by atoms with Crippen molar-refractivity contribution in [1.29, 1.82) is 0 Å². The molecule has 2 aromatic rings. The van der Waals surface area contributed by atoms with Gasteiger partial charge < -0.3 is 15.5 Å². The van der Waals surface area contributed by atoms with Crippen LogP contribution in [-0.4, -0.2) is 68.4 Å². The van der Waals surface area contributed by atoms with Crippen molar-refractivity contribution in [2.45, 2.75) is 43.4 Å². The first-order valence-corrected chi connectivity index (χ1v) is 15.1. The Morgan fingerprint density at radius 3 is 2.31 bits per heavy atom. The SMILES string of the molecule is O=C(N[C@@H](CCCN[C@@H]1C[C@H]1c1ccc(Cl)c(Cl)c1)C(=O)N1CCS(=O)(=O)CC1)c1ccc(C(F)(F)F)cc1. The van der Waals surface area contributed by atoms with Crippen LogP contribution in [0.3, 0.4) is 0 Å². The summed E-state index contributed by atoms with van der Waals surface area (Å²) in [6.07, 6.45) is -2.81. The van der Waals surface area contributed by atoms with E-state index < -0.39 is 39.4 Å². The summed E-state index contributed by atoms with van der Waals surface area (Å²) in [7, 11) is -3.21. The molecule has 4 rings (SSSR count). The van der Waals surface area contributed by atoms with Gasteiger partial charge in [-0.15, -0.1) is 0 Å². The molecular formula is C26H28Cl2F3N3O4S. The summed E-state index contributed by atoms with van der Waals surface area (Å²) in [4.78, 5) is 27.4. The minimum absolute atomic E-state index is 0.0115. The zero-order chi connectivity index (χ0) is 28.4. The number of carbonyl (C=O) groups excluding carboxylic acids is 2. The van der Waals surface area contributed by atoms with Gasteiger partial charge in [0.15, 0.2) is 9.84 Å². The summed E-state index contributed by atoms with van der Waals surface area (Å²) < 4.78 is 62.2. The number of benzene rings is 2. The van der Waals surface area contributed by atoms with Crippen LogP contribution in [0.5, 0.6) is 0 Å². The molecule has 0 bridgehead atoms. The lowest BCUT2D eigenvalue weighted by Gasteiger charge is -2.30. The van der Waals surface area contributed by atoms with Crippen molar-refractivity contribution in [3.63, 3.8) is 0 Å². The molecule has 2 amide bonds. The van der Waals surface area contributed by atoms with Gasteiger partial charge in [0.05, 0.1) is 27.1 Å². The maximum absolute atomic E-state index is 13.2. The van der Waals surface area contributed by atoms with E-state index in [0.29, 0.717) is 28.9 Å². The fourth-order valence-electron chi connectivity index (χ4n) is 4.59. The molecule has 0 aromatic heterocycles. The van der Waals surface area contributed by atoms with Crippen LogP contribution in [0.25, 0.3) is 0 Å². The molecular weight excluding hydrogens is 578 g/mol. The number of amides is 2. The second kappa shape index (κ2) is 12.0. The van der Waals surface area contributed by atoms with E-state index in [9.17, 15) is 31.2 Å². The topological polar surface area (TPSA) is 95.6 Å². The van der Waals surface area contributed by atoms with Crippen molar-refractivity contribution in [1.82, 2.24) is 15.5 Å². The number of hydrogen-bond acceptors (Lipinski definition) is 5. The summed E-state index contributed by atoms with van der Waals surface area (Å²) >= 11 is 12.1. The highest BCUT2D eigenvalue weighted by Crippen LogP contribution is 2.42. The average molecular weight is 606 g/mol. The van der Waals surface area contributed by atoms with Crippen LogP contribution in [0.2, 0.25) is 10.0 Å². The van der Waals surface area contributed by atoms with E-state index in [1.807, 2.05) is 12.1 Å². The fourth-order valence-corrected chi connectivity index (χ4v) is 6.10. The van der Waals surface area contributed by atoms with Gasteiger partial charge in [0.2, 0.25) is 5.91 Å². The molecule has 3 atom stereocenters. The van der Waals surface area contributed by atoms with Crippen LogP contribution < -0.4 is 10.6 Å². The summed E-state index contributed by atoms with van der Waals surface area (Å²) in [5, 5.41) is 7.06. The molecule has 13 heteroatoms. The van der Waals surface area contributed by atoms with Crippen LogP contribution in [-0.2, 0) is 20.8 Å². The minimum atomic E-state index is -4.53. The molecule has 1 aliphatic heterocycles. The summed E-state index contributed by atoms with van der Waals surface area (Å²) in [6.45, 7) is 0.621. The minimum Gasteiger partial charge on any atom is -0.340 e. The highest BCUT2D eigenvalue weighted by molar-refractivity contribution is 7.91. The predicted molar refractivity (Wildman–Crippen MR) is 143 cm³/mol. The fraction of sp³-hybridized carbons (Fsp3) is 0.462. The maximum atomic E-state index is 13.2. The normalized spacial score (nSPS) is 21.3. The van der Waals surface area contributed by atoms with E-state index >= 15 is 0 Å². The summed E-state index contributed by atoms with van der Waals surface area (Å²) in [5.74, 6) is -1.10. The standard InChI is InChI=1S/C26H28Cl2F3N3O4S/c27-20-8-5-17(14-21(20)28)19-15-23(19)32-9-1-2-22(25(36)34-10-12-39(37,38)13-11-34)33-24(35)16-3-6-18(7-4-16)26(29,30)31/h3-8,14,19,22-23,32H,1-2,9-13,15H2,(H,33,35)/t19-,22-,23+/m0/s1. The average Bonchev–Trinajstić information content (AvgIpc) is 3.66. The lowest BCUT2D eigenvalue weighted by atomic mass is 10.1. The number of rotatable bonds is 9. The van der Waals surface area contributed by atoms with Crippen molar-refractivity contribution in [3.05, 3.63) is 69.2 Å². The Labute approximate surface area is 234 Å². The van der Waals surface area contributed by atoms with Crippen LogP contribution >= 0.6 is 23.2 Å². The third kappa shape index (κ3) is 7.87. The first-order chi connectivity index (χ1) is 18.3. The Bertz CT molecular complexity index is 1310. The van der Waals surface area contributed by atoms with E-state index in [1.54, 1.807) is 6.07 Å². The number of nitrogens with zero attached hydrogens (tertiary/aromatic N) is 1. The van der Waals surface area contributed by atoms with E-state index in [1.165, 1.54) is 4.90 Å².